The van der Waals surface area contributed by atoms with E-state index < -0.39 is 0 Å². The predicted octanol–water partition coefficient (Wildman–Crippen LogP) is 3.05. The number of hydrogen-bond donors (Lipinski definition) is 0. The zero-order valence-electron chi connectivity index (χ0n) is 10.4. The van der Waals surface area contributed by atoms with Gasteiger partial charge in [-0.3, -0.25) is 4.90 Å². The number of hydrogen-bond acceptors (Lipinski definition) is 2. The Balaban J connectivity index is 2.54. The third-order valence-electron chi connectivity index (χ3n) is 3.45. The van der Waals surface area contributed by atoms with Gasteiger partial charge >= 0.3 is 0 Å². The van der Waals surface area contributed by atoms with Crippen LogP contribution in [0.15, 0.2) is 0 Å². The first kappa shape index (κ1) is 12.5. The van der Waals surface area contributed by atoms with Gasteiger partial charge in [-0.15, -0.1) is 0 Å². The van der Waals surface area contributed by atoms with E-state index in [9.17, 15) is 0 Å². The van der Waals surface area contributed by atoms with Crippen molar-refractivity contribution in [1.29, 1.82) is 5.26 Å². The van der Waals surface area contributed by atoms with E-state index in [1.165, 1.54) is 19.3 Å². The summed E-state index contributed by atoms with van der Waals surface area (Å²) in [5.41, 5.74) is 0. The average molecular weight is 208 g/mol. The summed E-state index contributed by atoms with van der Waals surface area (Å²) in [6, 6.07) is 2.96. The molecule has 2 atom stereocenters. The minimum absolute atomic E-state index is 0.609. The molecule has 2 heteroatoms. The minimum atomic E-state index is 0.609. The zero-order valence-corrected chi connectivity index (χ0v) is 10.4. The molecular weight excluding hydrogens is 184 g/mol. The van der Waals surface area contributed by atoms with E-state index in [2.05, 4.69) is 31.7 Å². The highest BCUT2D eigenvalue weighted by Crippen LogP contribution is 2.31. The standard InChI is InChI=1S/C13H24N2/c1-4-6-15(7-5-14)13-9-11(2)8-12(3)10-13/h11-13H,4,6-10H2,1-3H3. The lowest BCUT2D eigenvalue weighted by molar-refractivity contribution is 0.122. The monoisotopic (exact) mass is 208 g/mol. The molecule has 1 fully saturated rings. The van der Waals surface area contributed by atoms with Crippen molar-refractivity contribution in [2.75, 3.05) is 13.1 Å². The van der Waals surface area contributed by atoms with Gasteiger partial charge in [0.1, 0.15) is 0 Å². The van der Waals surface area contributed by atoms with Crippen LogP contribution >= 0.6 is 0 Å². The minimum Gasteiger partial charge on any atom is -0.288 e. The summed E-state index contributed by atoms with van der Waals surface area (Å²) >= 11 is 0. The molecule has 86 valence electrons. The van der Waals surface area contributed by atoms with Crippen molar-refractivity contribution in [2.24, 2.45) is 11.8 Å². The van der Waals surface area contributed by atoms with Gasteiger partial charge < -0.3 is 0 Å². The SMILES string of the molecule is CCCN(CC#N)C1CC(C)CC(C)C1. The van der Waals surface area contributed by atoms with Gasteiger partial charge in [0.25, 0.3) is 0 Å². The van der Waals surface area contributed by atoms with Gasteiger partial charge in [0.2, 0.25) is 0 Å². The second-order valence-electron chi connectivity index (χ2n) is 5.20. The molecule has 2 nitrogen and oxygen atoms in total. The van der Waals surface area contributed by atoms with Gasteiger partial charge in [-0.05, 0) is 44.1 Å². The van der Waals surface area contributed by atoms with Crippen LogP contribution in [-0.4, -0.2) is 24.0 Å². The first-order valence-corrected chi connectivity index (χ1v) is 6.28. The van der Waals surface area contributed by atoms with Crippen molar-refractivity contribution in [1.82, 2.24) is 4.90 Å². The van der Waals surface area contributed by atoms with Crippen molar-refractivity contribution in [3.05, 3.63) is 0 Å². The van der Waals surface area contributed by atoms with E-state index in [-0.39, 0.29) is 0 Å². The zero-order chi connectivity index (χ0) is 11.3. The van der Waals surface area contributed by atoms with Gasteiger partial charge in [-0.25, -0.2) is 0 Å². The molecule has 2 unspecified atom stereocenters. The van der Waals surface area contributed by atoms with Crippen molar-refractivity contribution in [2.45, 2.75) is 52.5 Å². The Kier molecular flexibility index (Phi) is 5.11. The summed E-state index contributed by atoms with van der Waals surface area (Å²) in [6.07, 6.45) is 5.09. The maximum Gasteiger partial charge on any atom is 0.0868 e. The summed E-state index contributed by atoms with van der Waals surface area (Å²) in [4.78, 5) is 2.38. The highest BCUT2D eigenvalue weighted by atomic mass is 15.1. The molecule has 1 aliphatic rings. The van der Waals surface area contributed by atoms with E-state index in [1.807, 2.05) is 0 Å². The second kappa shape index (κ2) is 6.12. The highest BCUT2D eigenvalue weighted by molar-refractivity contribution is 4.86. The van der Waals surface area contributed by atoms with Crippen molar-refractivity contribution in [3.8, 4) is 6.07 Å². The van der Waals surface area contributed by atoms with Crippen LogP contribution in [0, 0.1) is 23.2 Å². The lowest BCUT2D eigenvalue weighted by Crippen LogP contribution is -2.41. The molecule has 0 saturated heterocycles. The quantitative estimate of drug-likeness (QED) is 0.664. The van der Waals surface area contributed by atoms with Crippen LogP contribution < -0.4 is 0 Å². The van der Waals surface area contributed by atoms with E-state index in [4.69, 9.17) is 5.26 Å². The number of nitriles is 1. The van der Waals surface area contributed by atoms with Gasteiger partial charge in [0.05, 0.1) is 12.6 Å². The fourth-order valence-electron chi connectivity index (χ4n) is 2.97. The third kappa shape index (κ3) is 3.83. The van der Waals surface area contributed by atoms with E-state index in [1.54, 1.807) is 0 Å². The largest absolute Gasteiger partial charge is 0.288 e. The number of nitrogens with zero attached hydrogens (tertiary/aromatic N) is 2. The van der Waals surface area contributed by atoms with Crippen molar-refractivity contribution in [3.63, 3.8) is 0 Å². The Hall–Kier alpha value is -0.550. The van der Waals surface area contributed by atoms with Crippen LogP contribution in [0.25, 0.3) is 0 Å². The molecular formula is C13H24N2. The summed E-state index contributed by atoms with van der Waals surface area (Å²) in [7, 11) is 0. The molecule has 0 aromatic carbocycles. The predicted molar refractivity (Wildman–Crippen MR) is 63.4 cm³/mol. The lowest BCUT2D eigenvalue weighted by atomic mass is 9.80. The molecule has 0 aromatic heterocycles. The fraction of sp³-hybridized carbons (Fsp3) is 0.923. The van der Waals surface area contributed by atoms with E-state index in [0.29, 0.717) is 12.6 Å². The Morgan fingerprint density at radius 2 is 1.80 bits per heavy atom. The Bertz CT molecular complexity index is 209. The second-order valence-corrected chi connectivity index (χ2v) is 5.20. The Morgan fingerprint density at radius 1 is 1.20 bits per heavy atom. The molecule has 1 aliphatic carbocycles. The van der Waals surface area contributed by atoms with Crippen LogP contribution in [0.1, 0.15) is 46.5 Å². The average Bonchev–Trinajstić information content (AvgIpc) is 2.16. The lowest BCUT2D eigenvalue weighted by Gasteiger charge is -2.38. The molecule has 0 heterocycles. The molecule has 0 amide bonds. The summed E-state index contributed by atoms with van der Waals surface area (Å²) in [6.45, 7) is 8.58. The van der Waals surface area contributed by atoms with Crippen LogP contribution in [0.3, 0.4) is 0 Å². The summed E-state index contributed by atoms with van der Waals surface area (Å²) in [5.74, 6) is 1.66. The molecule has 0 bridgehead atoms. The topological polar surface area (TPSA) is 27.0 Å². The molecule has 0 spiro atoms. The Morgan fingerprint density at radius 3 is 2.27 bits per heavy atom. The Labute approximate surface area is 94.3 Å². The maximum atomic E-state index is 8.83. The molecule has 1 rings (SSSR count). The van der Waals surface area contributed by atoms with Crippen LogP contribution in [0.2, 0.25) is 0 Å². The van der Waals surface area contributed by atoms with Crippen molar-refractivity contribution < 1.29 is 0 Å². The first-order valence-electron chi connectivity index (χ1n) is 6.28. The maximum absolute atomic E-state index is 8.83. The first-order chi connectivity index (χ1) is 7.17. The van der Waals surface area contributed by atoms with Gasteiger partial charge in [-0.1, -0.05) is 20.8 Å². The molecule has 15 heavy (non-hydrogen) atoms. The van der Waals surface area contributed by atoms with Crippen LogP contribution in [-0.2, 0) is 0 Å². The summed E-state index contributed by atoms with van der Waals surface area (Å²) < 4.78 is 0. The van der Waals surface area contributed by atoms with E-state index in [0.717, 1.165) is 24.8 Å². The molecule has 0 radical (unpaired) electrons. The highest BCUT2D eigenvalue weighted by Gasteiger charge is 2.27. The van der Waals surface area contributed by atoms with E-state index >= 15 is 0 Å². The van der Waals surface area contributed by atoms with Gasteiger partial charge in [-0.2, -0.15) is 5.26 Å². The fourth-order valence-corrected chi connectivity index (χ4v) is 2.97. The normalized spacial score (nSPS) is 31.5. The molecule has 0 N–H and O–H groups in total. The summed E-state index contributed by atoms with van der Waals surface area (Å²) in [5, 5.41) is 8.83. The molecule has 1 saturated carbocycles. The van der Waals surface area contributed by atoms with Crippen molar-refractivity contribution >= 4 is 0 Å². The van der Waals surface area contributed by atoms with Crippen LogP contribution in [0.4, 0.5) is 0 Å². The molecule has 0 aromatic rings. The smallest absolute Gasteiger partial charge is 0.0868 e. The van der Waals surface area contributed by atoms with Gasteiger partial charge in [0, 0.05) is 6.04 Å². The third-order valence-corrected chi connectivity index (χ3v) is 3.45. The number of rotatable bonds is 4. The molecule has 0 aliphatic heterocycles. The van der Waals surface area contributed by atoms with Gasteiger partial charge in [0.15, 0.2) is 0 Å². The van der Waals surface area contributed by atoms with Crippen LogP contribution in [0.5, 0.6) is 0 Å².